The number of carboxylic acids is 1. The molecule has 17 heavy (non-hydrogen) atoms. The summed E-state index contributed by atoms with van der Waals surface area (Å²) in [6, 6.07) is -1.39. The number of carbonyl (C=O) groups excluding carboxylic acids is 1. The minimum atomic E-state index is -0.950. The van der Waals surface area contributed by atoms with Gasteiger partial charge < -0.3 is 16.2 Å². The Morgan fingerprint density at radius 2 is 1.94 bits per heavy atom. The first-order valence-electron chi connectivity index (χ1n) is 6.35. The number of hydrogen-bond donors (Lipinski definition) is 3. The highest BCUT2D eigenvalue weighted by Gasteiger charge is 2.31. The molecule has 5 nitrogen and oxygen atoms in total. The minimum absolute atomic E-state index is 0.0502. The number of hydrogen-bond acceptors (Lipinski definition) is 3. The van der Waals surface area contributed by atoms with E-state index in [9.17, 15) is 14.7 Å². The fraction of sp³-hybridized carbons (Fsp3) is 0.833. The predicted octanol–water partition coefficient (Wildman–Crippen LogP) is 0.873. The highest BCUT2D eigenvalue weighted by Crippen LogP contribution is 2.26. The van der Waals surface area contributed by atoms with E-state index in [1.807, 2.05) is 0 Å². The van der Waals surface area contributed by atoms with Crippen LogP contribution in [0.3, 0.4) is 0 Å². The maximum Gasteiger partial charge on any atom is 0.326 e. The topological polar surface area (TPSA) is 92.4 Å². The van der Waals surface area contributed by atoms with Crippen LogP contribution in [0.15, 0.2) is 0 Å². The fourth-order valence-electron chi connectivity index (χ4n) is 2.29. The van der Waals surface area contributed by atoms with Gasteiger partial charge in [0.05, 0.1) is 6.04 Å². The first-order chi connectivity index (χ1) is 8.06. The van der Waals surface area contributed by atoms with E-state index in [0.717, 1.165) is 32.1 Å². The Bertz CT molecular complexity index is 275. The zero-order valence-electron chi connectivity index (χ0n) is 10.3. The molecule has 1 aliphatic carbocycles. The summed E-state index contributed by atoms with van der Waals surface area (Å²) in [4.78, 5) is 22.8. The van der Waals surface area contributed by atoms with Gasteiger partial charge in [0.15, 0.2) is 0 Å². The van der Waals surface area contributed by atoms with Gasteiger partial charge >= 0.3 is 5.97 Å². The lowest BCUT2D eigenvalue weighted by Gasteiger charge is -2.28. The summed E-state index contributed by atoms with van der Waals surface area (Å²) in [6.07, 6.45) is 5.51. The van der Waals surface area contributed by atoms with Crippen molar-refractivity contribution >= 4 is 11.9 Å². The van der Waals surface area contributed by atoms with Gasteiger partial charge in [-0.3, -0.25) is 4.79 Å². The highest BCUT2D eigenvalue weighted by molar-refractivity contribution is 5.86. The summed E-state index contributed by atoms with van der Waals surface area (Å²) < 4.78 is 0. The van der Waals surface area contributed by atoms with Gasteiger partial charge in [0.2, 0.25) is 5.91 Å². The Morgan fingerprint density at radius 1 is 1.35 bits per heavy atom. The molecule has 5 heteroatoms. The zero-order valence-corrected chi connectivity index (χ0v) is 10.3. The van der Waals surface area contributed by atoms with Crippen LogP contribution in [-0.4, -0.2) is 29.1 Å². The monoisotopic (exact) mass is 242 g/mol. The van der Waals surface area contributed by atoms with E-state index in [2.05, 4.69) is 5.32 Å². The second-order valence-electron chi connectivity index (χ2n) is 4.74. The van der Waals surface area contributed by atoms with Crippen LogP contribution in [0.4, 0.5) is 0 Å². The molecule has 1 amide bonds. The second-order valence-corrected chi connectivity index (χ2v) is 4.74. The minimum Gasteiger partial charge on any atom is -0.480 e. The third kappa shape index (κ3) is 4.00. The Morgan fingerprint density at radius 3 is 2.41 bits per heavy atom. The second kappa shape index (κ2) is 6.59. The molecule has 98 valence electrons. The Hall–Kier alpha value is -1.10. The molecular weight excluding hydrogens is 220 g/mol. The first kappa shape index (κ1) is 14.0. The van der Waals surface area contributed by atoms with Crippen molar-refractivity contribution in [3.05, 3.63) is 0 Å². The average Bonchev–Trinajstić information content (AvgIpc) is 2.35. The van der Waals surface area contributed by atoms with Gasteiger partial charge in [-0.15, -0.1) is 0 Å². The van der Waals surface area contributed by atoms with E-state index < -0.39 is 18.1 Å². The summed E-state index contributed by atoms with van der Waals surface area (Å²) in [6.45, 7) is 1.81. The lowest BCUT2D eigenvalue weighted by molar-refractivity contribution is -0.144. The van der Waals surface area contributed by atoms with Crippen LogP contribution in [0.2, 0.25) is 0 Å². The number of amides is 1. The van der Waals surface area contributed by atoms with E-state index in [-0.39, 0.29) is 11.8 Å². The third-order valence-electron chi connectivity index (χ3n) is 3.46. The van der Waals surface area contributed by atoms with Crippen molar-refractivity contribution in [2.24, 2.45) is 11.7 Å². The van der Waals surface area contributed by atoms with Gasteiger partial charge in [-0.05, 0) is 25.2 Å². The number of carboxylic acid groups (broad SMARTS) is 1. The lowest BCUT2D eigenvalue weighted by Crippen LogP contribution is -2.51. The van der Waals surface area contributed by atoms with Crippen molar-refractivity contribution in [2.75, 3.05) is 0 Å². The lowest BCUT2D eigenvalue weighted by atomic mass is 9.84. The molecule has 0 radical (unpaired) electrons. The van der Waals surface area contributed by atoms with Crippen LogP contribution < -0.4 is 11.1 Å². The van der Waals surface area contributed by atoms with Crippen LogP contribution in [0, 0.1) is 5.92 Å². The van der Waals surface area contributed by atoms with E-state index in [4.69, 9.17) is 5.73 Å². The fourth-order valence-corrected chi connectivity index (χ4v) is 2.29. The molecule has 1 rings (SSSR count). The average molecular weight is 242 g/mol. The molecule has 0 spiro atoms. The molecule has 0 aromatic heterocycles. The largest absolute Gasteiger partial charge is 0.480 e. The van der Waals surface area contributed by atoms with Gasteiger partial charge in [-0.2, -0.15) is 0 Å². The SMILES string of the molecule is CC[C@@H](N)C(=O)NC(C(=O)O)C1CCCCC1. The Labute approximate surface area is 102 Å². The Balaban J connectivity index is 2.59. The van der Waals surface area contributed by atoms with Gasteiger partial charge in [0.25, 0.3) is 0 Å². The van der Waals surface area contributed by atoms with E-state index >= 15 is 0 Å². The number of aliphatic carboxylic acids is 1. The van der Waals surface area contributed by atoms with Crippen LogP contribution in [0.5, 0.6) is 0 Å². The quantitative estimate of drug-likeness (QED) is 0.667. The summed E-state index contributed by atoms with van der Waals surface area (Å²) in [5.41, 5.74) is 5.59. The molecular formula is C12H22N2O3. The zero-order chi connectivity index (χ0) is 12.8. The van der Waals surface area contributed by atoms with Crippen molar-refractivity contribution in [2.45, 2.75) is 57.5 Å². The highest BCUT2D eigenvalue weighted by atomic mass is 16.4. The van der Waals surface area contributed by atoms with Crippen molar-refractivity contribution < 1.29 is 14.7 Å². The molecule has 1 saturated carbocycles. The molecule has 1 fully saturated rings. The van der Waals surface area contributed by atoms with E-state index in [0.29, 0.717) is 6.42 Å². The Kier molecular flexibility index (Phi) is 5.41. The predicted molar refractivity (Wildman–Crippen MR) is 64.4 cm³/mol. The van der Waals surface area contributed by atoms with Crippen molar-refractivity contribution in [3.63, 3.8) is 0 Å². The molecule has 1 aliphatic rings. The van der Waals surface area contributed by atoms with Crippen LogP contribution in [-0.2, 0) is 9.59 Å². The standard InChI is InChI=1S/C12H22N2O3/c1-2-9(13)11(15)14-10(12(16)17)8-6-4-3-5-7-8/h8-10H,2-7,13H2,1H3,(H,14,15)(H,16,17)/t9-,10?/m1/s1. The summed E-state index contributed by atoms with van der Waals surface area (Å²) in [7, 11) is 0. The van der Waals surface area contributed by atoms with Crippen LogP contribution in [0.1, 0.15) is 45.4 Å². The molecule has 0 saturated heterocycles. The summed E-state index contributed by atoms with van der Waals surface area (Å²) in [5.74, 6) is -1.26. The van der Waals surface area contributed by atoms with Gasteiger partial charge in [-0.1, -0.05) is 26.2 Å². The van der Waals surface area contributed by atoms with Crippen LogP contribution >= 0.6 is 0 Å². The van der Waals surface area contributed by atoms with Crippen molar-refractivity contribution in [1.29, 1.82) is 0 Å². The molecule has 1 unspecified atom stereocenters. The molecule has 0 aromatic carbocycles. The number of rotatable bonds is 5. The van der Waals surface area contributed by atoms with Gasteiger partial charge in [0, 0.05) is 0 Å². The molecule has 4 N–H and O–H groups in total. The number of nitrogens with one attached hydrogen (secondary N) is 1. The molecule has 0 aliphatic heterocycles. The van der Waals surface area contributed by atoms with Gasteiger partial charge in [0.1, 0.15) is 6.04 Å². The maximum atomic E-state index is 11.6. The summed E-state index contributed by atoms with van der Waals surface area (Å²) in [5, 5.41) is 11.7. The first-order valence-corrected chi connectivity index (χ1v) is 6.35. The van der Waals surface area contributed by atoms with Crippen molar-refractivity contribution in [3.8, 4) is 0 Å². The van der Waals surface area contributed by atoms with Crippen LogP contribution in [0.25, 0.3) is 0 Å². The van der Waals surface area contributed by atoms with E-state index in [1.54, 1.807) is 6.92 Å². The third-order valence-corrected chi connectivity index (χ3v) is 3.46. The molecule has 2 atom stereocenters. The molecule has 0 heterocycles. The number of nitrogens with two attached hydrogens (primary N) is 1. The normalized spacial score (nSPS) is 20.6. The number of carbonyl (C=O) groups is 2. The van der Waals surface area contributed by atoms with Crippen molar-refractivity contribution in [1.82, 2.24) is 5.32 Å². The van der Waals surface area contributed by atoms with E-state index in [1.165, 1.54) is 0 Å². The maximum absolute atomic E-state index is 11.6. The molecule has 0 aromatic rings. The van der Waals surface area contributed by atoms with Gasteiger partial charge in [-0.25, -0.2) is 4.79 Å². The smallest absolute Gasteiger partial charge is 0.326 e. The summed E-state index contributed by atoms with van der Waals surface area (Å²) >= 11 is 0. The molecule has 0 bridgehead atoms.